The van der Waals surface area contributed by atoms with E-state index in [0.29, 0.717) is 16.0 Å². The molecular weight excluding hydrogens is 338 g/mol. The molecule has 0 unspecified atom stereocenters. The Morgan fingerprint density at radius 2 is 1.67 bits per heavy atom. The largest absolute Gasteiger partial charge is 0.364 e. The Kier molecular flexibility index (Phi) is 3.47. The van der Waals surface area contributed by atoms with Crippen molar-refractivity contribution in [3.63, 3.8) is 0 Å². The lowest BCUT2D eigenvalue weighted by Crippen LogP contribution is -2.32. The standard InChI is InChI=1S/C15H10BrNO4/c16-11-6-2-4-9-3-1-5-10(14(9)11)15(20)21-17-12(18)7-8-13(17)19/h1-6H,7-8H2. The van der Waals surface area contributed by atoms with Crippen LogP contribution in [0.3, 0.4) is 0 Å². The molecule has 106 valence electrons. The summed E-state index contributed by atoms with van der Waals surface area (Å²) in [6, 6.07) is 10.7. The monoisotopic (exact) mass is 347 g/mol. The van der Waals surface area contributed by atoms with Gasteiger partial charge in [-0.2, -0.15) is 0 Å². The van der Waals surface area contributed by atoms with Crippen LogP contribution in [0, 0.1) is 0 Å². The number of halogens is 1. The van der Waals surface area contributed by atoms with Crippen LogP contribution < -0.4 is 0 Å². The first-order valence-electron chi connectivity index (χ1n) is 6.33. The van der Waals surface area contributed by atoms with E-state index in [4.69, 9.17) is 4.84 Å². The van der Waals surface area contributed by atoms with Gasteiger partial charge in [-0.05, 0) is 17.5 Å². The van der Waals surface area contributed by atoms with Crippen molar-refractivity contribution >= 4 is 44.5 Å². The van der Waals surface area contributed by atoms with Gasteiger partial charge in [-0.1, -0.05) is 40.2 Å². The predicted molar refractivity (Wildman–Crippen MR) is 78.2 cm³/mol. The van der Waals surface area contributed by atoms with Gasteiger partial charge < -0.3 is 4.84 Å². The molecular formula is C15H10BrNO4. The lowest BCUT2D eigenvalue weighted by atomic mass is 10.1. The molecule has 21 heavy (non-hydrogen) atoms. The highest BCUT2D eigenvalue weighted by Gasteiger charge is 2.33. The van der Waals surface area contributed by atoms with E-state index < -0.39 is 17.8 Å². The van der Waals surface area contributed by atoms with Crippen LogP contribution >= 0.6 is 15.9 Å². The maximum atomic E-state index is 12.3. The van der Waals surface area contributed by atoms with E-state index in [-0.39, 0.29) is 12.8 Å². The number of rotatable bonds is 2. The molecule has 0 atom stereocenters. The Labute approximate surface area is 128 Å². The number of hydroxylamine groups is 2. The fraction of sp³-hybridized carbons (Fsp3) is 0.133. The minimum absolute atomic E-state index is 0.0747. The molecule has 0 N–H and O–H groups in total. The maximum Gasteiger partial charge on any atom is 0.364 e. The number of hydrogen-bond acceptors (Lipinski definition) is 4. The molecule has 3 rings (SSSR count). The van der Waals surface area contributed by atoms with Gasteiger partial charge in [-0.15, -0.1) is 5.06 Å². The molecule has 0 saturated carbocycles. The summed E-state index contributed by atoms with van der Waals surface area (Å²) in [4.78, 5) is 40.2. The highest BCUT2D eigenvalue weighted by molar-refractivity contribution is 9.10. The molecule has 1 aliphatic heterocycles. The van der Waals surface area contributed by atoms with E-state index in [1.807, 2.05) is 24.3 Å². The maximum absolute atomic E-state index is 12.3. The Morgan fingerprint density at radius 3 is 2.33 bits per heavy atom. The first-order chi connectivity index (χ1) is 10.1. The molecule has 0 spiro atoms. The molecule has 1 heterocycles. The van der Waals surface area contributed by atoms with Crippen molar-refractivity contribution in [1.82, 2.24) is 5.06 Å². The Hall–Kier alpha value is -2.21. The number of benzene rings is 2. The van der Waals surface area contributed by atoms with Gasteiger partial charge >= 0.3 is 5.97 Å². The SMILES string of the molecule is O=C(ON1C(=O)CCC1=O)c1cccc2cccc(Br)c12. The first-order valence-corrected chi connectivity index (χ1v) is 7.12. The normalized spacial score (nSPS) is 14.8. The topological polar surface area (TPSA) is 63.7 Å². The molecule has 0 radical (unpaired) electrons. The molecule has 2 amide bonds. The minimum Gasteiger partial charge on any atom is -0.325 e. The average molecular weight is 348 g/mol. The number of hydrogen-bond donors (Lipinski definition) is 0. The minimum atomic E-state index is -0.726. The van der Waals surface area contributed by atoms with Crippen LogP contribution in [0.1, 0.15) is 23.2 Å². The van der Waals surface area contributed by atoms with E-state index in [2.05, 4.69) is 15.9 Å². The van der Waals surface area contributed by atoms with E-state index in [1.54, 1.807) is 12.1 Å². The van der Waals surface area contributed by atoms with Crippen molar-refractivity contribution in [3.8, 4) is 0 Å². The van der Waals surface area contributed by atoms with Crippen LogP contribution in [0.2, 0.25) is 0 Å². The van der Waals surface area contributed by atoms with Crippen molar-refractivity contribution in [1.29, 1.82) is 0 Å². The van der Waals surface area contributed by atoms with Crippen molar-refractivity contribution in [2.45, 2.75) is 12.8 Å². The van der Waals surface area contributed by atoms with E-state index >= 15 is 0 Å². The predicted octanol–water partition coefficient (Wildman–Crippen LogP) is 2.82. The summed E-state index contributed by atoms with van der Waals surface area (Å²) in [5, 5.41) is 2.10. The molecule has 6 heteroatoms. The number of carbonyl (C=O) groups excluding carboxylic acids is 3. The van der Waals surface area contributed by atoms with Crippen LogP contribution in [-0.2, 0) is 14.4 Å². The van der Waals surface area contributed by atoms with Crippen LogP contribution in [0.15, 0.2) is 40.9 Å². The molecule has 2 aromatic rings. The summed E-state index contributed by atoms with van der Waals surface area (Å²) in [7, 11) is 0. The third-order valence-electron chi connectivity index (χ3n) is 3.25. The van der Waals surface area contributed by atoms with Crippen LogP contribution in [0.25, 0.3) is 10.8 Å². The van der Waals surface area contributed by atoms with E-state index in [9.17, 15) is 14.4 Å². The fourth-order valence-electron chi connectivity index (χ4n) is 2.26. The van der Waals surface area contributed by atoms with Crippen LogP contribution in [0.5, 0.6) is 0 Å². The van der Waals surface area contributed by atoms with Gasteiger partial charge in [0.2, 0.25) is 0 Å². The molecule has 0 aliphatic carbocycles. The molecule has 5 nitrogen and oxygen atoms in total. The second-order valence-electron chi connectivity index (χ2n) is 4.60. The summed E-state index contributed by atoms with van der Waals surface area (Å²) >= 11 is 3.40. The number of carbonyl (C=O) groups is 3. The molecule has 1 aliphatic rings. The molecule has 0 bridgehead atoms. The van der Waals surface area contributed by atoms with Gasteiger partial charge in [0, 0.05) is 22.7 Å². The van der Waals surface area contributed by atoms with Crippen molar-refractivity contribution in [2.75, 3.05) is 0 Å². The summed E-state index contributed by atoms with van der Waals surface area (Å²) < 4.78 is 0.742. The van der Waals surface area contributed by atoms with Gasteiger partial charge in [0.05, 0.1) is 5.56 Å². The zero-order chi connectivity index (χ0) is 15.0. The Balaban J connectivity index is 1.99. The summed E-state index contributed by atoms with van der Waals surface area (Å²) in [5.41, 5.74) is 0.299. The highest BCUT2D eigenvalue weighted by Crippen LogP contribution is 2.28. The van der Waals surface area contributed by atoms with Gasteiger partial charge in [0.15, 0.2) is 0 Å². The molecule has 1 saturated heterocycles. The third-order valence-corrected chi connectivity index (χ3v) is 3.91. The van der Waals surface area contributed by atoms with E-state index in [0.717, 1.165) is 9.86 Å². The summed E-state index contributed by atoms with van der Waals surface area (Å²) in [6.07, 6.45) is 0.149. The fourth-order valence-corrected chi connectivity index (χ4v) is 2.85. The Morgan fingerprint density at radius 1 is 1.05 bits per heavy atom. The number of fused-ring (bicyclic) bond motifs is 1. The lowest BCUT2D eigenvalue weighted by molar-refractivity contribution is -0.172. The Bertz CT molecular complexity index is 750. The number of amides is 2. The van der Waals surface area contributed by atoms with Gasteiger partial charge in [0.25, 0.3) is 11.8 Å². The van der Waals surface area contributed by atoms with Gasteiger partial charge in [0.1, 0.15) is 0 Å². The van der Waals surface area contributed by atoms with Crippen molar-refractivity contribution < 1.29 is 19.2 Å². The zero-order valence-electron chi connectivity index (χ0n) is 10.8. The number of imide groups is 1. The van der Waals surface area contributed by atoms with Gasteiger partial charge in [-0.25, -0.2) is 4.79 Å². The zero-order valence-corrected chi connectivity index (χ0v) is 12.4. The highest BCUT2D eigenvalue weighted by atomic mass is 79.9. The second-order valence-corrected chi connectivity index (χ2v) is 5.46. The number of nitrogens with zero attached hydrogens (tertiary/aromatic N) is 1. The van der Waals surface area contributed by atoms with Crippen molar-refractivity contribution in [2.24, 2.45) is 0 Å². The van der Waals surface area contributed by atoms with Crippen LogP contribution in [-0.4, -0.2) is 22.8 Å². The second kappa shape index (κ2) is 5.29. The lowest BCUT2D eigenvalue weighted by Gasteiger charge is -2.14. The molecule has 0 aromatic heterocycles. The van der Waals surface area contributed by atoms with E-state index in [1.165, 1.54) is 0 Å². The van der Waals surface area contributed by atoms with Crippen LogP contribution in [0.4, 0.5) is 0 Å². The third kappa shape index (κ3) is 2.42. The summed E-state index contributed by atoms with van der Waals surface area (Å²) in [6.45, 7) is 0. The first kappa shape index (κ1) is 13.8. The summed E-state index contributed by atoms with van der Waals surface area (Å²) in [5.74, 6) is -1.71. The molecule has 2 aromatic carbocycles. The quantitative estimate of drug-likeness (QED) is 0.783. The average Bonchev–Trinajstić information content (AvgIpc) is 2.79. The smallest absolute Gasteiger partial charge is 0.325 e. The van der Waals surface area contributed by atoms with Gasteiger partial charge in [-0.3, -0.25) is 9.59 Å². The van der Waals surface area contributed by atoms with Crippen molar-refractivity contribution in [3.05, 3.63) is 46.4 Å². The molecule has 1 fully saturated rings.